The van der Waals surface area contributed by atoms with Crippen LogP contribution in [0, 0.1) is 0 Å². The summed E-state index contributed by atoms with van der Waals surface area (Å²) in [7, 11) is 0. The number of rotatable bonds is 2. The van der Waals surface area contributed by atoms with Gasteiger partial charge in [-0.15, -0.1) is 0 Å². The lowest BCUT2D eigenvalue weighted by Crippen LogP contribution is -2.31. The molecule has 2 aromatic rings. The van der Waals surface area contributed by atoms with Gasteiger partial charge in [0.1, 0.15) is 11.4 Å². The Hall–Kier alpha value is -2.83. The highest BCUT2D eigenvalue weighted by Crippen LogP contribution is 2.25. The zero-order chi connectivity index (χ0) is 17.3. The number of amides is 2. The molecule has 0 fully saturated rings. The van der Waals surface area contributed by atoms with Crippen LogP contribution in [0.3, 0.4) is 0 Å². The highest BCUT2D eigenvalue weighted by atomic mass is 16.6. The van der Waals surface area contributed by atoms with Crippen LogP contribution in [0.5, 0.6) is 0 Å². The van der Waals surface area contributed by atoms with Crippen LogP contribution in [0.4, 0.5) is 10.6 Å². The van der Waals surface area contributed by atoms with Crippen molar-refractivity contribution in [1.82, 2.24) is 15.3 Å². The first-order valence-electron chi connectivity index (χ1n) is 7.78. The molecule has 0 atom stereocenters. The van der Waals surface area contributed by atoms with Gasteiger partial charge in [0.15, 0.2) is 0 Å². The minimum absolute atomic E-state index is 0.0695. The lowest BCUT2D eigenvalue weighted by molar-refractivity contribution is 0.0635. The van der Waals surface area contributed by atoms with E-state index in [1.807, 2.05) is 12.1 Å². The molecule has 126 valence electrons. The van der Waals surface area contributed by atoms with Gasteiger partial charge in [-0.3, -0.25) is 10.1 Å². The molecule has 0 spiro atoms. The van der Waals surface area contributed by atoms with E-state index >= 15 is 0 Å². The van der Waals surface area contributed by atoms with Crippen molar-refractivity contribution in [3.8, 4) is 11.3 Å². The Morgan fingerprint density at radius 3 is 2.83 bits per heavy atom. The van der Waals surface area contributed by atoms with E-state index in [2.05, 4.69) is 20.6 Å². The van der Waals surface area contributed by atoms with Gasteiger partial charge in [-0.05, 0) is 39.0 Å². The van der Waals surface area contributed by atoms with Crippen LogP contribution in [0.2, 0.25) is 0 Å². The fourth-order valence-corrected chi connectivity index (χ4v) is 2.52. The Balaban J connectivity index is 1.81. The van der Waals surface area contributed by atoms with Crippen LogP contribution < -0.4 is 10.6 Å². The van der Waals surface area contributed by atoms with Gasteiger partial charge in [-0.1, -0.05) is 0 Å². The van der Waals surface area contributed by atoms with Crippen molar-refractivity contribution in [2.45, 2.75) is 32.8 Å². The predicted octanol–water partition coefficient (Wildman–Crippen LogP) is 2.71. The van der Waals surface area contributed by atoms with Crippen molar-refractivity contribution in [3.05, 3.63) is 35.7 Å². The second-order valence-electron chi connectivity index (χ2n) is 6.64. The van der Waals surface area contributed by atoms with Crippen molar-refractivity contribution in [3.63, 3.8) is 0 Å². The monoisotopic (exact) mass is 328 g/mol. The summed E-state index contributed by atoms with van der Waals surface area (Å²) in [6, 6.07) is 5.37. The average Bonchev–Trinajstić information content (AvgIpc) is 2.91. The van der Waals surface area contributed by atoms with E-state index in [1.54, 1.807) is 33.0 Å². The number of anilines is 1. The number of H-pyrrole nitrogens is 1. The molecule has 0 saturated carbocycles. The van der Waals surface area contributed by atoms with Crippen molar-refractivity contribution in [2.24, 2.45) is 0 Å². The van der Waals surface area contributed by atoms with Gasteiger partial charge in [0.25, 0.3) is 5.91 Å². The molecule has 0 aliphatic carbocycles. The van der Waals surface area contributed by atoms with Crippen LogP contribution in [0.1, 0.15) is 36.8 Å². The fraction of sp³-hybridized carbons (Fsp3) is 0.353. The highest BCUT2D eigenvalue weighted by molar-refractivity contribution is 5.97. The maximum Gasteiger partial charge on any atom is 0.413 e. The largest absolute Gasteiger partial charge is 0.444 e. The molecule has 0 radical (unpaired) electrons. The van der Waals surface area contributed by atoms with E-state index in [9.17, 15) is 9.59 Å². The highest BCUT2D eigenvalue weighted by Gasteiger charge is 2.20. The van der Waals surface area contributed by atoms with Crippen molar-refractivity contribution < 1.29 is 14.3 Å². The van der Waals surface area contributed by atoms with Gasteiger partial charge in [0.2, 0.25) is 0 Å². The Morgan fingerprint density at radius 1 is 1.33 bits per heavy atom. The zero-order valence-corrected chi connectivity index (χ0v) is 13.9. The summed E-state index contributed by atoms with van der Waals surface area (Å²) in [4.78, 5) is 31.1. The summed E-state index contributed by atoms with van der Waals surface area (Å²) < 4.78 is 5.22. The lowest BCUT2D eigenvalue weighted by Gasteiger charge is -2.19. The number of ether oxygens (including phenoxy) is 1. The molecule has 0 saturated heterocycles. The topological polar surface area (TPSA) is 96.1 Å². The molecule has 0 bridgehead atoms. The Kier molecular flexibility index (Phi) is 4.01. The van der Waals surface area contributed by atoms with Gasteiger partial charge >= 0.3 is 6.09 Å². The minimum atomic E-state index is -0.576. The molecule has 3 rings (SSSR count). The van der Waals surface area contributed by atoms with Crippen LogP contribution in [-0.2, 0) is 11.2 Å². The smallest absolute Gasteiger partial charge is 0.413 e. The predicted molar refractivity (Wildman–Crippen MR) is 89.9 cm³/mol. The molecular weight excluding hydrogens is 308 g/mol. The van der Waals surface area contributed by atoms with Crippen LogP contribution in [0.15, 0.2) is 24.4 Å². The van der Waals surface area contributed by atoms with Gasteiger partial charge < -0.3 is 15.0 Å². The maximum absolute atomic E-state index is 11.9. The number of carbonyl (C=O) groups is 2. The third kappa shape index (κ3) is 3.56. The molecule has 3 heterocycles. The number of hydrogen-bond donors (Lipinski definition) is 3. The lowest BCUT2D eigenvalue weighted by atomic mass is 10.1. The molecule has 2 aromatic heterocycles. The number of aromatic nitrogens is 2. The first-order chi connectivity index (χ1) is 11.3. The summed E-state index contributed by atoms with van der Waals surface area (Å²) in [6.45, 7) is 6.02. The average molecular weight is 328 g/mol. The summed E-state index contributed by atoms with van der Waals surface area (Å²) >= 11 is 0. The van der Waals surface area contributed by atoms with Crippen molar-refractivity contribution in [2.75, 3.05) is 11.9 Å². The molecule has 2 amide bonds. The fourth-order valence-electron chi connectivity index (χ4n) is 2.52. The Morgan fingerprint density at radius 2 is 2.12 bits per heavy atom. The number of pyridine rings is 1. The number of fused-ring (bicyclic) bond motifs is 1. The van der Waals surface area contributed by atoms with E-state index in [1.165, 1.54) is 0 Å². The van der Waals surface area contributed by atoms with E-state index in [0.29, 0.717) is 17.9 Å². The van der Waals surface area contributed by atoms with Crippen LogP contribution in [-0.4, -0.2) is 34.1 Å². The molecule has 0 aromatic carbocycles. The first-order valence-corrected chi connectivity index (χ1v) is 7.78. The Bertz CT molecular complexity index is 789. The molecule has 24 heavy (non-hydrogen) atoms. The summed E-state index contributed by atoms with van der Waals surface area (Å²) in [5.41, 5.74) is 2.65. The number of hydrogen-bond acceptors (Lipinski definition) is 4. The normalized spacial score (nSPS) is 13.9. The molecule has 7 heteroatoms. The number of nitrogens with zero attached hydrogens (tertiary/aromatic N) is 1. The zero-order valence-electron chi connectivity index (χ0n) is 13.9. The number of carbonyl (C=O) groups excluding carboxylic acids is 2. The first kappa shape index (κ1) is 16.0. The quantitative estimate of drug-likeness (QED) is 0.790. The van der Waals surface area contributed by atoms with Gasteiger partial charge in [0, 0.05) is 36.1 Å². The second kappa shape index (κ2) is 5.99. The summed E-state index contributed by atoms with van der Waals surface area (Å²) in [5, 5.41) is 5.43. The van der Waals surface area contributed by atoms with Crippen LogP contribution >= 0.6 is 0 Å². The van der Waals surface area contributed by atoms with Gasteiger partial charge in [0.05, 0.1) is 5.56 Å². The maximum atomic E-state index is 11.9. The van der Waals surface area contributed by atoms with Crippen LogP contribution in [0.25, 0.3) is 11.3 Å². The van der Waals surface area contributed by atoms with E-state index < -0.39 is 11.7 Å². The molecular formula is C17H20N4O3. The van der Waals surface area contributed by atoms with E-state index in [4.69, 9.17) is 4.74 Å². The minimum Gasteiger partial charge on any atom is -0.444 e. The molecule has 1 aliphatic heterocycles. The molecule has 7 nitrogen and oxygen atoms in total. The van der Waals surface area contributed by atoms with E-state index in [-0.39, 0.29) is 5.91 Å². The third-order valence-electron chi connectivity index (χ3n) is 3.50. The number of aromatic amines is 1. The standard InChI is InChI=1S/C17H20N4O3/c1-17(2,3)24-16(23)21-14-8-10(4-6-18-14)13-9-11-12(20-13)5-7-19-15(11)22/h4,6,8-9,20H,5,7H2,1-3H3,(H,19,22)(H,18,21,23). The molecule has 3 N–H and O–H groups in total. The SMILES string of the molecule is CC(C)(C)OC(=O)Nc1cc(-c2cc3c([nH]2)CCNC3=O)ccn1. The Labute approximate surface area is 139 Å². The second-order valence-corrected chi connectivity index (χ2v) is 6.64. The van der Waals surface area contributed by atoms with Crippen molar-refractivity contribution >= 4 is 17.8 Å². The summed E-state index contributed by atoms with van der Waals surface area (Å²) in [5.74, 6) is 0.318. The molecule has 0 unspecified atom stereocenters. The van der Waals surface area contributed by atoms with Gasteiger partial charge in [-0.25, -0.2) is 9.78 Å². The summed E-state index contributed by atoms with van der Waals surface area (Å²) in [6.07, 6.45) is 1.81. The number of nitrogens with one attached hydrogen (secondary N) is 3. The third-order valence-corrected chi connectivity index (χ3v) is 3.50. The molecule has 1 aliphatic rings. The van der Waals surface area contributed by atoms with Crippen molar-refractivity contribution in [1.29, 1.82) is 0 Å². The van der Waals surface area contributed by atoms with E-state index in [0.717, 1.165) is 23.4 Å². The van der Waals surface area contributed by atoms with Gasteiger partial charge in [-0.2, -0.15) is 0 Å².